The standard InChI is InChI=1S/C21H27N3O2/c22-15-20(25)23-16-21(26)24-19(18-12-5-2-6-13-18)14-8-7-11-17-9-3-1-4-10-17/h1-6,9-10,12-13,19H,7-8,11,14-16,22H2,(H,23,25)(H,24,26). The molecule has 0 bridgehead atoms. The number of rotatable bonds is 10. The van der Waals surface area contributed by atoms with E-state index in [9.17, 15) is 9.59 Å². The van der Waals surface area contributed by atoms with E-state index >= 15 is 0 Å². The van der Waals surface area contributed by atoms with Crippen LogP contribution in [0, 0.1) is 0 Å². The van der Waals surface area contributed by atoms with Crippen LogP contribution in [0.25, 0.3) is 0 Å². The molecular weight excluding hydrogens is 326 g/mol. The summed E-state index contributed by atoms with van der Waals surface area (Å²) in [6.45, 7) is -0.168. The van der Waals surface area contributed by atoms with Crippen molar-refractivity contribution in [3.63, 3.8) is 0 Å². The fraction of sp³-hybridized carbons (Fsp3) is 0.333. The lowest BCUT2D eigenvalue weighted by Crippen LogP contribution is -2.40. The second kappa shape index (κ2) is 11.1. The first-order valence-corrected chi connectivity index (χ1v) is 9.04. The molecule has 2 amide bonds. The highest BCUT2D eigenvalue weighted by Crippen LogP contribution is 2.20. The van der Waals surface area contributed by atoms with Crippen LogP contribution in [0.5, 0.6) is 0 Å². The predicted molar refractivity (Wildman–Crippen MR) is 103 cm³/mol. The van der Waals surface area contributed by atoms with Crippen LogP contribution < -0.4 is 16.4 Å². The van der Waals surface area contributed by atoms with Gasteiger partial charge in [0, 0.05) is 0 Å². The number of amides is 2. The maximum Gasteiger partial charge on any atom is 0.239 e. The third-order valence-electron chi connectivity index (χ3n) is 4.22. The monoisotopic (exact) mass is 353 g/mol. The minimum absolute atomic E-state index is 0.0522. The van der Waals surface area contributed by atoms with Gasteiger partial charge in [0.05, 0.1) is 19.1 Å². The number of hydrogen-bond acceptors (Lipinski definition) is 3. The van der Waals surface area contributed by atoms with Crippen molar-refractivity contribution in [3.05, 3.63) is 71.8 Å². The normalized spacial score (nSPS) is 11.6. The van der Waals surface area contributed by atoms with E-state index in [2.05, 4.69) is 34.9 Å². The van der Waals surface area contributed by atoms with Crippen molar-refractivity contribution in [2.75, 3.05) is 13.1 Å². The van der Waals surface area contributed by atoms with E-state index in [0.717, 1.165) is 31.2 Å². The summed E-state index contributed by atoms with van der Waals surface area (Å²) >= 11 is 0. The topological polar surface area (TPSA) is 84.2 Å². The molecule has 0 spiro atoms. The van der Waals surface area contributed by atoms with Gasteiger partial charge in [-0.1, -0.05) is 67.1 Å². The van der Waals surface area contributed by atoms with Crippen molar-refractivity contribution in [1.29, 1.82) is 0 Å². The molecule has 5 heteroatoms. The molecule has 0 aliphatic heterocycles. The summed E-state index contributed by atoms with van der Waals surface area (Å²) in [6.07, 6.45) is 3.95. The molecule has 0 radical (unpaired) electrons. The summed E-state index contributed by atoms with van der Waals surface area (Å²) in [7, 11) is 0. The Hall–Kier alpha value is -2.66. The summed E-state index contributed by atoms with van der Waals surface area (Å²) in [5.74, 6) is -0.539. The number of aryl methyl sites for hydroxylation is 1. The van der Waals surface area contributed by atoms with E-state index in [1.54, 1.807) is 0 Å². The number of carbonyl (C=O) groups is 2. The molecule has 0 saturated carbocycles. The summed E-state index contributed by atoms with van der Waals surface area (Å²) in [4.78, 5) is 23.3. The molecule has 0 aromatic heterocycles. The molecule has 0 aliphatic rings. The summed E-state index contributed by atoms with van der Waals surface area (Å²) in [5, 5.41) is 5.52. The average Bonchev–Trinajstić information content (AvgIpc) is 2.69. The Bertz CT molecular complexity index is 674. The Balaban J connectivity index is 1.85. The zero-order valence-electron chi connectivity index (χ0n) is 15.0. The van der Waals surface area contributed by atoms with Crippen LogP contribution in [-0.2, 0) is 16.0 Å². The molecule has 0 fully saturated rings. The lowest BCUT2D eigenvalue weighted by atomic mass is 9.99. The second-order valence-corrected chi connectivity index (χ2v) is 6.24. The number of carbonyl (C=O) groups excluding carboxylic acids is 2. The minimum Gasteiger partial charge on any atom is -0.348 e. The van der Waals surface area contributed by atoms with Gasteiger partial charge in [0.2, 0.25) is 11.8 Å². The van der Waals surface area contributed by atoms with Crippen molar-refractivity contribution in [1.82, 2.24) is 10.6 Å². The van der Waals surface area contributed by atoms with Gasteiger partial charge in [0.15, 0.2) is 0 Å². The van der Waals surface area contributed by atoms with E-state index in [-0.39, 0.29) is 30.9 Å². The molecule has 138 valence electrons. The third-order valence-corrected chi connectivity index (χ3v) is 4.22. The van der Waals surface area contributed by atoms with E-state index in [1.165, 1.54) is 5.56 Å². The highest BCUT2D eigenvalue weighted by atomic mass is 16.2. The second-order valence-electron chi connectivity index (χ2n) is 6.24. The van der Waals surface area contributed by atoms with Crippen molar-refractivity contribution in [2.24, 2.45) is 5.73 Å². The van der Waals surface area contributed by atoms with Gasteiger partial charge in [0.1, 0.15) is 0 Å². The number of hydrogen-bond donors (Lipinski definition) is 3. The van der Waals surface area contributed by atoms with Crippen LogP contribution in [0.1, 0.15) is 36.4 Å². The molecule has 2 aromatic carbocycles. The van der Waals surface area contributed by atoms with E-state index in [1.807, 2.05) is 36.4 Å². The molecule has 1 unspecified atom stereocenters. The highest BCUT2D eigenvalue weighted by Gasteiger charge is 2.14. The zero-order valence-corrected chi connectivity index (χ0v) is 15.0. The maximum absolute atomic E-state index is 12.1. The van der Waals surface area contributed by atoms with Gasteiger partial charge < -0.3 is 16.4 Å². The summed E-state index contributed by atoms with van der Waals surface area (Å²) < 4.78 is 0. The fourth-order valence-electron chi connectivity index (χ4n) is 2.83. The summed E-state index contributed by atoms with van der Waals surface area (Å²) in [5.41, 5.74) is 7.64. The number of nitrogens with two attached hydrogens (primary N) is 1. The van der Waals surface area contributed by atoms with Gasteiger partial charge in [-0.05, 0) is 30.4 Å². The molecule has 0 saturated heterocycles. The largest absolute Gasteiger partial charge is 0.348 e. The Kier molecular flexibility index (Phi) is 8.36. The van der Waals surface area contributed by atoms with Crippen LogP contribution in [0.4, 0.5) is 0 Å². The Morgan fingerprint density at radius 3 is 2.19 bits per heavy atom. The van der Waals surface area contributed by atoms with E-state index in [4.69, 9.17) is 5.73 Å². The molecule has 0 aliphatic carbocycles. The van der Waals surface area contributed by atoms with Gasteiger partial charge in [-0.2, -0.15) is 0 Å². The van der Waals surface area contributed by atoms with E-state index < -0.39 is 0 Å². The van der Waals surface area contributed by atoms with Crippen LogP contribution in [0.15, 0.2) is 60.7 Å². The van der Waals surface area contributed by atoms with Crippen molar-refractivity contribution in [3.8, 4) is 0 Å². The van der Waals surface area contributed by atoms with Gasteiger partial charge in [-0.15, -0.1) is 0 Å². The number of unbranched alkanes of at least 4 members (excludes halogenated alkanes) is 1. The Morgan fingerprint density at radius 1 is 0.885 bits per heavy atom. The Labute approximate surface area is 155 Å². The van der Waals surface area contributed by atoms with Crippen LogP contribution in [-0.4, -0.2) is 24.9 Å². The average molecular weight is 353 g/mol. The van der Waals surface area contributed by atoms with Crippen molar-refractivity contribution < 1.29 is 9.59 Å². The third kappa shape index (κ3) is 7.07. The Morgan fingerprint density at radius 2 is 1.54 bits per heavy atom. The SMILES string of the molecule is NCC(=O)NCC(=O)NC(CCCCc1ccccc1)c1ccccc1. The van der Waals surface area contributed by atoms with Crippen LogP contribution in [0.2, 0.25) is 0 Å². The molecule has 0 heterocycles. The highest BCUT2D eigenvalue weighted by molar-refractivity contribution is 5.85. The van der Waals surface area contributed by atoms with Crippen molar-refractivity contribution >= 4 is 11.8 Å². The van der Waals surface area contributed by atoms with E-state index in [0.29, 0.717) is 0 Å². The van der Waals surface area contributed by atoms with Gasteiger partial charge in [-0.25, -0.2) is 0 Å². The number of benzene rings is 2. The molecule has 26 heavy (non-hydrogen) atoms. The first-order chi connectivity index (χ1) is 12.7. The first kappa shape index (κ1) is 19.7. The molecular formula is C21H27N3O2. The fourth-order valence-corrected chi connectivity index (χ4v) is 2.83. The van der Waals surface area contributed by atoms with Crippen LogP contribution >= 0.6 is 0 Å². The number of nitrogens with one attached hydrogen (secondary N) is 2. The predicted octanol–water partition coefficient (Wildman–Crippen LogP) is 2.33. The molecule has 2 aromatic rings. The zero-order chi connectivity index (χ0) is 18.6. The van der Waals surface area contributed by atoms with Crippen molar-refractivity contribution in [2.45, 2.75) is 31.7 Å². The molecule has 1 atom stereocenters. The summed E-state index contributed by atoms with van der Waals surface area (Å²) in [6, 6.07) is 20.3. The maximum atomic E-state index is 12.1. The molecule has 4 N–H and O–H groups in total. The molecule has 2 rings (SSSR count). The lowest BCUT2D eigenvalue weighted by Gasteiger charge is -2.19. The first-order valence-electron chi connectivity index (χ1n) is 9.04. The van der Waals surface area contributed by atoms with Gasteiger partial charge in [0.25, 0.3) is 0 Å². The lowest BCUT2D eigenvalue weighted by molar-refractivity contribution is -0.125. The van der Waals surface area contributed by atoms with Gasteiger partial charge in [-0.3, -0.25) is 9.59 Å². The minimum atomic E-state index is -0.334. The van der Waals surface area contributed by atoms with Crippen LogP contribution in [0.3, 0.4) is 0 Å². The smallest absolute Gasteiger partial charge is 0.239 e. The van der Waals surface area contributed by atoms with Gasteiger partial charge >= 0.3 is 0 Å². The quantitative estimate of drug-likeness (QED) is 0.573. The molecule has 5 nitrogen and oxygen atoms in total.